The summed E-state index contributed by atoms with van der Waals surface area (Å²) in [6.07, 6.45) is 0. The van der Waals surface area contributed by atoms with Gasteiger partial charge in [0, 0.05) is 57.6 Å². The number of piperazine rings is 1. The molecule has 1 aliphatic heterocycles. The van der Waals surface area contributed by atoms with E-state index in [1.54, 1.807) is 17.0 Å². The molecule has 27 heavy (non-hydrogen) atoms. The van der Waals surface area contributed by atoms with E-state index in [2.05, 4.69) is 0 Å². The lowest BCUT2D eigenvalue weighted by molar-refractivity contribution is 0.0532. The molecule has 0 unspecified atom stereocenters. The second-order valence-electron chi connectivity index (χ2n) is 6.65. The molecule has 142 valence electrons. The number of rotatable bonds is 3. The molecule has 0 aromatic heterocycles. The van der Waals surface area contributed by atoms with Crippen LogP contribution in [-0.2, 0) is 0 Å². The van der Waals surface area contributed by atoms with E-state index >= 15 is 0 Å². The summed E-state index contributed by atoms with van der Waals surface area (Å²) in [5.41, 5.74) is 1.43. The summed E-state index contributed by atoms with van der Waals surface area (Å²) in [5, 5.41) is 0. The first-order valence-corrected chi connectivity index (χ1v) is 8.68. The van der Waals surface area contributed by atoms with Crippen LogP contribution in [0.5, 0.6) is 0 Å². The van der Waals surface area contributed by atoms with E-state index in [9.17, 15) is 18.4 Å². The Morgan fingerprint density at radius 2 is 1.41 bits per heavy atom. The van der Waals surface area contributed by atoms with Crippen LogP contribution >= 0.6 is 0 Å². The Morgan fingerprint density at radius 3 is 1.93 bits per heavy atom. The number of nitrogens with zero attached hydrogens (tertiary/aromatic N) is 3. The van der Waals surface area contributed by atoms with Gasteiger partial charge in [-0.2, -0.15) is 0 Å². The molecule has 3 rings (SSSR count). The monoisotopic (exact) mass is 373 g/mol. The lowest BCUT2D eigenvalue weighted by Crippen LogP contribution is -2.50. The van der Waals surface area contributed by atoms with Crippen molar-refractivity contribution in [3.05, 3.63) is 65.2 Å². The smallest absolute Gasteiger partial charge is 0.256 e. The van der Waals surface area contributed by atoms with Gasteiger partial charge in [-0.3, -0.25) is 9.59 Å². The topological polar surface area (TPSA) is 43.9 Å². The van der Waals surface area contributed by atoms with Crippen molar-refractivity contribution in [2.45, 2.75) is 0 Å². The van der Waals surface area contributed by atoms with Crippen molar-refractivity contribution in [3.63, 3.8) is 0 Å². The molecule has 7 heteroatoms. The van der Waals surface area contributed by atoms with Crippen LogP contribution in [0.2, 0.25) is 0 Å². The van der Waals surface area contributed by atoms with E-state index in [4.69, 9.17) is 0 Å². The maximum atomic E-state index is 13.8. The standard InChI is InChI=1S/C20H21F2N3O2/c1-23(2)16-6-3-14(4-7-16)19(26)24-9-11-25(12-10-24)20(27)17-8-5-15(21)13-18(17)22/h3-8,13H,9-12H2,1-2H3. The summed E-state index contributed by atoms with van der Waals surface area (Å²) in [6.45, 7) is 1.33. The number of halogens is 2. The lowest BCUT2D eigenvalue weighted by Gasteiger charge is -2.35. The largest absolute Gasteiger partial charge is 0.378 e. The van der Waals surface area contributed by atoms with E-state index in [-0.39, 0.29) is 11.5 Å². The third-order valence-electron chi connectivity index (χ3n) is 4.65. The number of benzene rings is 2. The number of hydrogen-bond acceptors (Lipinski definition) is 3. The molecular formula is C20H21F2N3O2. The van der Waals surface area contributed by atoms with Crippen LogP contribution in [-0.4, -0.2) is 61.9 Å². The quantitative estimate of drug-likeness (QED) is 0.831. The fourth-order valence-corrected chi connectivity index (χ4v) is 3.03. The summed E-state index contributed by atoms with van der Waals surface area (Å²) in [5.74, 6) is -2.19. The molecule has 0 saturated carbocycles. The van der Waals surface area contributed by atoms with Gasteiger partial charge >= 0.3 is 0 Å². The number of carbonyl (C=O) groups is 2. The van der Waals surface area contributed by atoms with Crippen LogP contribution in [0, 0.1) is 11.6 Å². The minimum atomic E-state index is -0.875. The van der Waals surface area contributed by atoms with Gasteiger partial charge < -0.3 is 14.7 Å². The second-order valence-corrected chi connectivity index (χ2v) is 6.65. The predicted octanol–water partition coefficient (Wildman–Crippen LogP) is 2.63. The molecule has 0 spiro atoms. The van der Waals surface area contributed by atoms with Crippen LogP contribution in [0.25, 0.3) is 0 Å². The van der Waals surface area contributed by atoms with Gasteiger partial charge in [0.1, 0.15) is 11.6 Å². The first-order chi connectivity index (χ1) is 12.9. The lowest BCUT2D eigenvalue weighted by atomic mass is 10.1. The summed E-state index contributed by atoms with van der Waals surface area (Å²) >= 11 is 0. The Kier molecular flexibility index (Phi) is 5.39. The molecular weight excluding hydrogens is 352 g/mol. The van der Waals surface area contributed by atoms with Gasteiger partial charge in [-0.15, -0.1) is 0 Å². The molecule has 1 heterocycles. The van der Waals surface area contributed by atoms with Crippen LogP contribution in [0.15, 0.2) is 42.5 Å². The SMILES string of the molecule is CN(C)c1ccc(C(=O)N2CCN(C(=O)c3ccc(F)cc3F)CC2)cc1. The molecule has 0 bridgehead atoms. The Balaban J connectivity index is 1.62. The predicted molar refractivity (Wildman–Crippen MR) is 98.9 cm³/mol. The molecule has 0 atom stereocenters. The Bertz CT molecular complexity index is 845. The Morgan fingerprint density at radius 1 is 0.852 bits per heavy atom. The van der Waals surface area contributed by atoms with Crippen molar-refractivity contribution in [1.29, 1.82) is 0 Å². The van der Waals surface area contributed by atoms with E-state index < -0.39 is 17.5 Å². The highest BCUT2D eigenvalue weighted by atomic mass is 19.1. The maximum absolute atomic E-state index is 13.8. The second kappa shape index (κ2) is 7.73. The number of amides is 2. The number of anilines is 1. The highest BCUT2D eigenvalue weighted by Crippen LogP contribution is 2.17. The fourth-order valence-electron chi connectivity index (χ4n) is 3.03. The third kappa shape index (κ3) is 4.07. The molecule has 5 nitrogen and oxygen atoms in total. The molecule has 1 fully saturated rings. The summed E-state index contributed by atoms with van der Waals surface area (Å²) in [7, 11) is 3.86. The average Bonchev–Trinajstić information content (AvgIpc) is 2.67. The zero-order chi connectivity index (χ0) is 19.6. The molecule has 2 amide bonds. The van der Waals surface area contributed by atoms with Crippen molar-refractivity contribution in [2.24, 2.45) is 0 Å². The zero-order valence-corrected chi connectivity index (χ0v) is 15.3. The van der Waals surface area contributed by atoms with Crippen molar-refractivity contribution in [3.8, 4) is 0 Å². The van der Waals surface area contributed by atoms with E-state index in [1.807, 2.05) is 31.1 Å². The molecule has 1 aliphatic rings. The Labute approximate surface area is 156 Å². The van der Waals surface area contributed by atoms with Crippen molar-refractivity contribution < 1.29 is 18.4 Å². The third-order valence-corrected chi connectivity index (χ3v) is 4.65. The summed E-state index contributed by atoms with van der Waals surface area (Å²) in [4.78, 5) is 30.2. The maximum Gasteiger partial charge on any atom is 0.256 e. The zero-order valence-electron chi connectivity index (χ0n) is 15.3. The van der Waals surface area contributed by atoms with E-state index in [1.165, 1.54) is 4.90 Å². The first kappa shape index (κ1) is 18.8. The molecule has 0 radical (unpaired) electrons. The number of hydrogen-bond donors (Lipinski definition) is 0. The minimum Gasteiger partial charge on any atom is -0.378 e. The molecule has 2 aromatic carbocycles. The van der Waals surface area contributed by atoms with Gasteiger partial charge in [0.05, 0.1) is 5.56 Å². The van der Waals surface area contributed by atoms with Crippen LogP contribution in [0.4, 0.5) is 14.5 Å². The van der Waals surface area contributed by atoms with E-state index in [0.717, 1.165) is 17.8 Å². The van der Waals surface area contributed by atoms with Crippen LogP contribution in [0.3, 0.4) is 0 Å². The first-order valence-electron chi connectivity index (χ1n) is 8.68. The molecule has 2 aromatic rings. The molecule has 0 N–H and O–H groups in total. The summed E-state index contributed by atoms with van der Waals surface area (Å²) < 4.78 is 26.8. The molecule has 0 aliphatic carbocycles. The summed E-state index contributed by atoms with van der Waals surface area (Å²) in [6, 6.07) is 10.2. The fraction of sp³-hybridized carbons (Fsp3) is 0.300. The highest BCUT2D eigenvalue weighted by Gasteiger charge is 2.27. The van der Waals surface area contributed by atoms with Crippen LogP contribution in [0.1, 0.15) is 20.7 Å². The van der Waals surface area contributed by atoms with Crippen molar-refractivity contribution >= 4 is 17.5 Å². The van der Waals surface area contributed by atoms with Gasteiger partial charge in [-0.1, -0.05) is 0 Å². The van der Waals surface area contributed by atoms with Gasteiger partial charge in [-0.25, -0.2) is 8.78 Å². The number of carbonyl (C=O) groups excluding carboxylic acids is 2. The van der Waals surface area contributed by atoms with Gasteiger partial charge in [0.15, 0.2) is 0 Å². The van der Waals surface area contributed by atoms with Gasteiger partial charge in [0.2, 0.25) is 0 Å². The molecule has 1 saturated heterocycles. The normalized spacial score (nSPS) is 14.2. The Hall–Kier alpha value is -2.96. The average molecular weight is 373 g/mol. The van der Waals surface area contributed by atoms with Crippen LogP contribution < -0.4 is 4.90 Å². The van der Waals surface area contributed by atoms with E-state index in [0.29, 0.717) is 37.8 Å². The minimum absolute atomic E-state index is 0.0969. The highest BCUT2D eigenvalue weighted by molar-refractivity contribution is 5.96. The van der Waals surface area contributed by atoms with Crippen molar-refractivity contribution in [1.82, 2.24) is 9.80 Å². The van der Waals surface area contributed by atoms with Crippen molar-refractivity contribution in [2.75, 3.05) is 45.2 Å². The van der Waals surface area contributed by atoms with Gasteiger partial charge in [-0.05, 0) is 36.4 Å². The van der Waals surface area contributed by atoms with Gasteiger partial charge in [0.25, 0.3) is 11.8 Å².